The van der Waals surface area contributed by atoms with Gasteiger partial charge in [-0.15, -0.1) is 10.2 Å². The highest BCUT2D eigenvalue weighted by molar-refractivity contribution is 6.05. The van der Waals surface area contributed by atoms with Crippen LogP contribution in [0.5, 0.6) is 5.75 Å². The van der Waals surface area contributed by atoms with E-state index >= 15 is 0 Å². The topological polar surface area (TPSA) is 158 Å². The standard InChI is InChI=1S/C41H49FN10O5/c1-24-19-47(21-26-10-12-48(13-11-26)28-7-6-27-22-51(40(56)31(27)16-28)34-8-9-36(53)44-39(34)55)20-25(2)52(24)41(57)49-14-15-50-29(23-49)18-43-38-35(50)17-33(45-46-38)30-4-3-5-32(42)37(30)54/h3-7,16-17,24-26,29,34,54H,8-15,18-23H2,1-2H3,(H,43,46)(H,44,53,55)/t24-,25+,29-,34+/m1/s1. The number of phenols is 1. The molecular formula is C41H49FN10O5. The van der Waals surface area contributed by atoms with Crippen LogP contribution in [-0.2, 0) is 16.1 Å². The van der Waals surface area contributed by atoms with Gasteiger partial charge in [0.1, 0.15) is 6.04 Å². The molecule has 2 aromatic carbocycles. The third-order valence-electron chi connectivity index (χ3n) is 12.8. The zero-order valence-corrected chi connectivity index (χ0v) is 32.4. The van der Waals surface area contributed by atoms with Crippen molar-refractivity contribution < 1.29 is 28.7 Å². The summed E-state index contributed by atoms with van der Waals surface area (Å²) in [6.45, 7) is 11.4. The zero-order valence-electron chi connectivity index (χ0n) is 32.4. The monoisotopic (exact) mass is 780 g/mol. The summed E-state index contributed by atoms with van der Waals surface area (Å²) in [7, 11) is 0. The highest BCUT2D eigenvalue weighted by atomic mass is 19.1. The number of anilines is 3. The second-order valence-electron chi connectivity index (χ2n) is 16.6. The van der Waals surface area contributed by atoms with Crippen LogP contribution in [0.4, 0.5) is 26.4 Å². The van der Waals surface area contributed by atoms with E-state index in [1.54, 1.807) is 11.0 Å². The Kier molecular flexibility index (Phi) is 9.61. The van der Waals surface area contributed by atoms with Gasteiger partial charge in [-0.3, -0.25) is 24.6 Å². The summed E-state index contributed by atoms with van der Waals surface area (Å²) in [5.41, 5.74) is 4.08. The van der Waals surface area contributed by atoms with E-state index in [9.17, 15) is 28.7 Å². The van der Waals surface area contributed by atoms with Gasteiger partial charge in [-0.05, 0) is 74.9 Å². The molecule has 7 heterocycles. The Morgan fingerprint density at radius 2 is 1.70 bits per heavy atom. The van der Waals surface area contributed by atoms with Crippen LogP contribution < -0.4 is 20.4 Å². The number of hydrogen-bond donors (Lipinski definition) is 3. The van der Waals surface area contributed by atoms with E-state index in [-0.39, 0.29) is 48.0 Å². The molecule has 6 aliphatic rings. The van der Waals surface area contributed by atoms with Crippen LogP contribution in [0.1, 0.15) is 55.5 Å². The van der Waals surface area contributed by atoms with E-state index in [4.69, 9.17) is 0 Å². The molecule has 0 bridgehead atoms. The molecule has 3 aromatic rings. The molecule has 300 valence electrons. The second kappa shape index (κ2) is 14.8. The Bertz CT molecular complexity index is 2100. The lowest BCUT2D eigenvalue weighted by Gasteiger charge is -2.50. The van der Waals surface area contributed by atoms with Crippen LogP contribution in [0.15, 0.2) is 42.5 Å². The highest BCUT2D eigenvalue weighted by Crippen LogP contribution is 2.38. The fourth-order valence-corrected chi connectivity index (χ4v) is 9.92. The molecule has 57 heavy (non-hydrogen) atoms. The van der Waals surface area contributed by atoms with Gasteiger partial charge in [0.25, 0.3) is 5.91 Å². The number of halogens is 1. The Hall–Kier alpha value is -5.51. The average Bonchev–Trinajstić information content (AvgIpc) is 3.53. The van der Waals surface area contributed by atoms with E-state index in [0.717, 1.165) is 62.5 Å². The summed E-state index contributed by atoms with van der Waals surface area (Å²) >= 11 is 0. The second-order valence-corrected chi connectivity index (χ2v) is 16.6. The van der Waals surface area contributed by atoms with Gasteiger partial charge in [0.05, 0.1) is 17.4 Å². The van der Waals surface area contributed by atoms with Crippen LogP contribution in [0, 0.1) is 11.7 Å². The first-order chi connectivity index (χ1) is 27.5. The predicted octanol–water partition coefficient (Wildman–Crippen LogP) is 3.10. The van der Waals surface area contributed by atoms with Crippen molar-refractivity contribution in [2.45, 2.75) is 70.2 Å². The van der Waals surface area contributed by atoms with Crippen LogP contribution in [0.25, 0.3) is 11.3 Å². The van der Waals surface area contributed by atoms with Crippen LogP contribution in [-0.4, -0.2) is 142 Å². The SMILES string of the molecule is C[C@@H]1CN(CC2CCN(c3ccc4c(c3)C(=O)N([C@H]3CCC(=O)NC3=O)C4)CC2)C[C@H](C)N1C(=O)N1CCN2c3cc(-c4cccc(F)c4O)nnc3NC[C@@H]2C1. The number of phenolic OH excluding ortho intramolecular Hbond substituents is 1. The molecule has 0 aliphatic carbocycles. The Labute approximate surface area is 330 Å². The lowest BCUT2D eigenvalue weighted by atomic mass is 9.94. The van der Waals surface area contributed by atoms with Crippen molar-refractivity contribution in [3.05, 3.63) is 59.4 Å². The van der Waals surface area contributed by atoms with Crippen LogP contribution >= 0.6 is 0 Å². The number of nitrogens with one attached hydrogen (secondary N) is 2. The number of hydrogen-bond acceptors (Lipinski definition) is 11. The van der Waals surface area contributed by atoms with Crippen molar-refractivity contribution in [2.75, 3.05) is 74.0 Å². The fraction of sp³-hybridized carbons (Fsp3) is 0.512. The molecule has 0 saturated carbocycles. The number of para-hydroxylation sites is 1. The van der Waals surface area contributed by atoms with Gasteiger partial charge in [-0.1, -0.05) is 12.1 Å². The van der Waals surface area contributed by atoms with Crippen molar-refractivity contribution in [1.29, 1.82) is 0 Å². The maximum Gasteiger partial charge on any atom is 0.320 e. The summed E-state index contributed by atoms with van der Waals surface area (Å²) in [5.74, 6) is -0.826. The molecule has 1 aromatic heterocycles. The molecule has 9 rings (SSSR count). The number of benzene rings is 2. The normalized spacial score (nSPS) is 25.5. The summed E-state index contributed by atoms with van der Waals surface area (Å²) in [5, 5.41) is 24.6. The first-order valence-electron chi connectivity index (χ1n) is 20.2. The lowest BCUT2D eigenvalue weighted by molar-refractivity contribution is -0.136. The highest BCUT2D eigenvalue weighted by Gasteiger charge is 2.42. The number of carbonyl (C=O) groups excluding carboxylic acids is 4. The minimum atomic E-state index is -0.712. The number of aromatic hydroxyl groups is 1. The van der Waals surface area contributed by atoms with E-state index in [0.29, 0.717) is 62.1 Å². The fourth-order valence-electron chi connectivity index (χ4n) is 9.92. The summed E-state index contributed by atoms with van der Waals surface area (Å²) < 4.78 is 14.1. The van der Waals surface area contributed by atoms with Gasteiger partial charge in [-0.25, -0.2) is 9.18 Å². The largest absolute Gasteiger partial charge is 0.504 e. The smallest absolute Gasteiger partial charge is 0.320 e. The number of imide groups is 1. The number of fused-ring (bicyclic) bond motifs is 4. The Morgan fingerprint density at radius 3 is 2.47 bits per heavy atom. The number of piperazine rings is 2. The van der Waals surface area contributed by atoms with E-state index in [1.165, 1.54) is 12.1 Å². The molecular weight excluding hydrogens is 732 g/mol. The molecule has 4 saturated heterocycles. The molecule has 3 N–H and O–H groups in total. The van der Waals surface area contributed by atoms with E-state index in [2.05, 4.69) is 60.3 Å². The number of piperidine rings is 2. The maximum absolute atomic E-state index is 14.1. The number of urea groups is 1. The third kappa shape index (κ3) is 6.87. The maximum atomic E-state index is 14.1. The van der Waals surface area contributed by atoms with Gasteiger partial charge < -0.3 is 34.9 Å². The van der Waals surface area contributed by atoms with Gasteiger partial charge in [0, 0.05) is 101 Å². The van der Waals surface area contributed by atoms with Crippen molar-refractivity contribution in [1.82, 2.24) is 35.1 Å². The number of carbonyl (C=O) groups is 4. The average molecular weight is 781 g/mol. The van der Waals surface area contributed by atoms with E-state index in [1.807, 2.05) is 23.1 Å². The van der Waals surface area contributed by atoms with E-state index < -0.39 is 23.5 Å². The summed E-state index contributed by atoms with van der Waals surface area (Å²) in [6.07, 6.45) is 2.67. The Balaban J connectivity index is 0.771. The molecule has 0 radical (unpaired) electrons. The van der Waals surface area contributed by atoms with Crippen molar-refractivity contribution in [2.24, 2.45) is 5.92 Å². The third-order valence-corrected chi connectivity index (χ3v) is 12.8. The molecule has 0 spiro atoms. The van der Waals surface area contributed by atoms with Gasteiger partial charge in [0.2, 0.25) is 11.8 Å². The number of amides is 5. The minimum Gasteiger partial charge on any atom is -0.504 e. The number of aromatic nitrogens is 2. The summed E-state index contributed by atoms with van der Waals surface area (Å²) in [6, 6.07) is 11.8. The molecule has 16 heteroatoms. The quantitative estimate of drug-likeness (QED) is 0.327. The summed E-state index contributed by atoms with van der Waals surface area (Å²) in [4.78, 5) is 64.4. The van der Waals surface area contributed by atoms with Gasteiger partial charge in [-0.2, -0.15) is 0 Å². The zero-order chi connectivity index (χ0) is 39.5. The molecule has 4 fully saturated rings. The van der Waals surface area contributed by atoms with Crippen LogP contribution in [0.3, 0.4) is 0 Å². The predicted molar refractivity (Wildman–Crippen MR) is 210 cm³/mol. The van der Waals surface area contributed by atoms with Gasteiger partial charge in [0.15, 0.2) is 17.4 Å². The molecule has 0 unspecified atom stereocenters. The van der Waals surface area contributed by atoms with Crippen LogP contribution in [0.2, 0.25) is 0 Å². The number of rotatable bonds is 5. The molecule has 6 aliphatic heterocycles. The first kappa shape index (κ1) is 37.1. The van der Waals surface area contributed by atoms with Crippen molar-refractivity contribution in [3.8, 4) is 17.0 Å². The van der Waals surface area contributed by atoms with Crippen molar-refractivity contribution >= 4 is 40.9 Å². The minimum absolute atomic E-state index is 0.0240. The molecule has 15 nitrogen and oxygen atoms in total. The van der Waals surface area contributed by atoms with Gasteiger partial charge >= 0.3 is 6.03 Å². The lowest BCUT2D eigenvalue weighted by Crippen LogP contribution is -2.65. The molecule has 4 atom stereocenters. The number of nitrogens with zero attached hydrogens (tertiary/aromatic N) is 8. The first-order valence-corrected chi connectivity index (χ1v) is 20.2. The molecule has 5 amide bonds. The Morgan fingerprint density at radius 1 is 0.912 bits per heavy atom. The van der Waals surface area contributed by atoms with Crippen molar-refractivity contribution in [3.63, 3.8) is 0 Å².